The highest BCUT2D eigenvalue weighted by Crippen LogP contribution is 2.43. The highest BCUT2D eigenvalue weighted by molar-refractivity contribution is 7.25. The molecule has 0 atom stereocenters. The van der Waals surface area contributed by atoms with Crippen molar-refractivity contribution in [3.05, 3.63) is 182 Å². The molecule has 7 heteroatoms. The van der Waals surface area contributed by atoms with Crippen molar-refractivity contribution in [2.45, 2.75) is 6.92 Å². The summed E-state index contributed by atoms with van der Waals surface area (Å²) in [5.74, 6) is 1.54. The number of hydrogen-bond acceptors (Lipinski definition) is 6. The van der Waals surface area contributed by atoms with Crippen LogP contribution < -0.4 is 0 Å². The molecule has 0 amide bonds. The van der Waals surface area contributed by atoms with Gasteiger partial charge in [0.15, 0.2) is 11.6 Å². The summed E-state index contributed by atoms with van der Waals surface area (Å²) in [6.07, 6.45) is 6.18. The van der Waals surface area contributed by atoms with E-state index in [1.807, 2.05) is 72.9 Å². The van der Waals surface area contributed by atoms with Gasteiger partial charge in [0.2, 0.25) is 5.95 Å². The Bertz CT molecular complexity index is 3960. The summed E-state index contributed by atoms with van der Waals surface area (Å²) in [5.41, 5.74) is 11.1. The maximum atomic E-state index is 6.39. The number of nitrogens with zero attached hydrogens (tertiary/aromatic N) is 4. The summed E-state index contributed by atoms with van der Waals surface area (Å²) in [4.78, 5) is 16.0. The smallest absolute Gasteiger partial charge is 0.238 e. The molecule has 13 rings (SSSR count). The van der Waals surface area contributed by atoms with Gasteiger partial charge in [-0.3, -0.25) is 4.57 Å². The Kier molecular flexibility index (Phi) is 7.74. The number of benzene rings is 8. The lowest BCUT2D eigenvalue weighted by atomic mass is 9.97. The third-order valence-corrected chi connectivity index (χ3v) is 13.5. The first-order chi connectivity index (χ1) is 31.1. The number of rotatable bonds is 6. The second kappa shape index (κ2) is 13.7. The molecule has 0 spiro atoms. The Morgan fingerprint density at radius 3 is 1.81 bits per heavy atom. The fourth-order valence-electron chi connectivity index (χ4n) is 9.53. The first-order valence-electron chi connectivity index (χ1n) is 21.0. The van der Waals surface area contributed by atoms with Gasteiger partial charge >= 0.3 is 0 Å². The summed E-state index contributed by atoms with van der Waals surface area (Å²) in [5, 5.41) is 8.86. The SMILES string of the molecule is C=Cc1c(/C=C\C)ccc2c1c1cccc(-c3ccc4sc5ccccc5c4c3)c1n2-c1nc(-c2ccc3c(c2)oc2ccccc23)nc(-c2ccc3c(c2)oc2ccccc23)n1. The van der Waals surface area contributed by atoms with Crippen molar-refractivity contribution in [3.63, 3.8) is 0 Å². The standard InChI is InChI=1S/C56H34N4O2S/c1-3-12-32-23-27-45-52(36(32)4-2)43-17-11-16-37(33-24-28-51-44(29-33)42-15-7-10-20-50(42)63-51)53(43)60(45)56-58-54(34-21-25-40-38-13-5-8-18-46(38)61-48(40)30-34)57-55(59-56)35-22-26-41-39-14-6-9-19-47(39)62-49(41)31-35/h3-31H,2H2,1H3/b12-3-. The van der Waals surface area contributed by atoms with Crippen LogP contribution in [0.5, 0.6) is 0 Å². The van der Waals surface area contributed by atoms with Crippen molar-refractivity contribution < 1.29 is 8.83 Å². The summed E-state index contributed by atoms with van der Waals surface area (Å²) in [6.45, 7) is 6.38. The number of allylic oxidation sites excluding steroid dienone is 1. The lowest BCUT2D eigenvalue weighted by Crippen LogP contribution is -2.07. The van der Waals surface area contributed by atoms with Gasteiger partial charge in [0, 0.05) is 69.2 Å². The third kappa shape index (κ3) is 5.40. The van der Waals surface area contributed by atoms with E-state index in [-0.39, 0.29) is 0 Å². The molecular formula is C56H34N4O2S. The molecule has 0 radical (unpaired) electrons. The Morgan fingerprint density at radius 2 is 1.13 bits per heavy atom. The summed E-state index contributed by atoms with van der Waals surface area (Å²) < 4.78 is 17.5. The van der Waals surface area contributed by atoms with Crippen molar-refractivity contribution in [3.8, 4) is 39.9 Å². The van der Waals surface area contributed by atoms with E-state index >= 15 is 0 Å². The lowest BCUT2D eigenvalue weighted by Gasteiger charge is -2.13. The Balaban J connectivity index is 1.12. The van der Waals surface area contributed by atoms with Gasteiger partial charge < -0.3 is 8.83 Å². The zero-order chi connectivity index (χ0) is 41.8. The lowest BCUT2D eigenvalue weighted by molar-refractivity contribution is 0.668. The molecule has 0 aliphatic heterocycles. The fourth-order valence-corrected chi connectivity index (χ4v) is 10.6. The number of para-hydroxylation sites is 3. The van der Waals surface area contributed by atoms with Crippen LogP contribution in [0.3, 0.4) is 0 Å². The van der Waals surface area contributed by atoms with Crippen molar-refractivity contribution in [1.29, 1.82) is 0 Å². The van der Waals surface area contributed by atoms with Crippen molar-refractivity contribution in [1.82, 2.24) is 19.5 Å². The van der Waals surface area contributed by atoms with Crippen LogP contribution in [0.4, 0.5) is 0 Å². The Hall–Kier alpha value is -8.13. The van der Waals surface area contributed by atoms with E-state index in [0.29, 0.717) is 17.6 Å². The summed E-state index contributed by atoms with van der Waals surface area (Å²) in [7, 11) is 0. The Labute approximate surface area is 364 Å². The molecular weight excluding hydrogens is 793 g/mol. The third-order valence-electron chi connectivity index (χ3n) is 12.4. The van der Waals surface area contributed by atoms with Gasteiger partial charge in [-0.25, -0.2) is 4.98 Å². The van der Waals surface area contributed by atoms with Gasteiger partial charge in [-0.15, -0.1) is 11.3 Å². The molecule has 0 unspecified atom stereocenters. The van der Waals surface area contributed by atoms with E-state index in [1.54, 1.807) is 0 Å². The molecule has 0 aliphatic rings. The second-order valence-electron chi connectivity index (χ2n) is 15.9. The van der Waals surface area contributed by atoms with E-state index in [2.05, 4.69) is 132 Å². The molecule has 296 valence electrons. The van der Waals surface area contributed by atoms with Gasteiger partial charge in [-0.05, 0) is 84.3 Å². The zero-order valence-corrected chi connectivity index (χ0v) is 34.8. The summed E-state index contributed by atoms with van der Waals surface area (Å²) in [6, 6.07) is 55.0. The van der Waals surface area contributed by atoms with Crippen LogP contribution in [0.1, 0.15) is 18.1 Å². The zero-order valence-electron chi connectivity index (χ0n) is 34.0. The normalized spacial score (nSPS) is 12.2. The van der Waals surface area contributed by atoms with Crippen LogP contribution in [-0.4, -0.2) is 19.5 Å². The van der Waals surface area contributed by atoms with Crippen LogP contribution in [0.25, 0.3) is 138 Å². The molecule has 0 saturated carbocycles. The van der Waals surface area contributed by atoms with Gasteiger partial charge in [-0.1, -0.05) is 122 Å². The maximum Gasteiger partial charge on any atom is 0.238 e. The quantitative estimate of drug-likeness (QED) is 0.167. The topological polar surface area (TPSA) is 69.9 Å². The van der Waals surface area contributed by atoms with E-state index < -0.39 is 0 Å². The predicted octanol–water partition coefficient (Wildman–Crippen LogP) is 15.8. The minimum absolute atomic E-state index is 0.493. The van der Waals surface area contributed by atoms with Crippen LogP contribution in [-0.2, 0) is 0 Å². The minimum Gasteiger partial charge on any atom is -0.456 e. The Morgan fingerprint density at radius 1 is 0.524 bits per heavy atom. The molecule has 0 saturated heterocycles. The van der Waals surface area contributed by atoms with E-state index in [1.165, 1.54) is 20.2 Å². The maximum absolute atomic E-state index is 6.39. The minimum atomic E-state index is 0.493. The second-order valence-corrected chi connectivity index (χ2v) is 17.0. The number of fused-ring (bicyclic) bond motifs is 12. The van der Waals surface area contributed by atoms with Gasteiger partial charge in [0.05, 0.1) is 11.0 Å². The van der Waals surface area contributed by atoms with E-state index in [4.69, 9.17) is 23.8 Å². The average Bonchev–Trinajstić information content (AvgIpc) is 4.09. The number of thiophene rings is 1. The van der Waals surface area contributed by atoms with Crippen LogP contribution >= 0.6 is 11.3 Å². The van der Waals surface area contributed by atoms with Crippen molar-refractivity contribution in [2.24, 2.45) is 0 Å². The van der Waals surface area contributed by atoms with E-state index in [0.717, 1.165) is 99.1 Å². The first-order valence-corrected chi connectivity index (χ1v) is 21.8. The van der Waals surface area contributed by atoms with Crippen molar-refractivity contribution in [2.75, 3.05) is 0 Å². The average molecular weight is 827 g/mol. The monoisotopic (exact) mass is 826 g/mol. The fraction of sp³-hybridized carbons (Fsp3) is 0.0179. The number of aromatic nitrogens is 4. The van der Waals surface area contributed by atoms with Crippen LogP contribution in [0, 0.1) is 0 Å². The molecule has 13 aromatic rings. The molecule has 8 aromatic carbocycles. The molecule has 5 heterocycles. The molecule has 0 bridgehead atoms. The molecule has 0 fully saturated rings. The first kappa shape index (κ1) is 35.6. The predicted molar refractivity (Wildman–Crippen MR) is 263 cm³/mol. The largest absolute Gasteiger partial charge is 0.456 e. The molecule has 63 heavy (non-hydrogen) atoms. The van der Waals surface area contributed by atoms with E-state index in [9.17, 15) is 0 Å². The highest BCUT2D eigenvalue weighted by atomic mass is 32.1. The van der Waals surface area contributed by atoms with Crippen LogP contribution in [0.15, 0.2) is 179 Å². The van der Waals surface area contributed by atoms with Gasteiger partial charge in [0.25, 0.3) is 0 Å². The number of furan rings is 2. The highest BCUT2D eigenvalue weighted by Gasteiger charge is 2.24. The summed E-state index contributed by atoms with van der Waals surface area (Å²) >= 11 is 1.82. The molecule has 6 nitrogen and oxygen atoms in total. The molecule has 0 N–H and O–H groups in total. The van der Waals surface area contributed by atoms with Crippen molar-refractivity contribution >= 4 is 109 Å². The molecule has 0 aliphatic carbocycles. The number of hydrogen-bond donors (Lipinski definition) is 0. The van der Waals surface area contributed by atoms with Gasteiger partial charge in [-0.2, -0.15) is 9.97 Å². The molecule has 5 aromatic heterocycles. The van der Waals surface area contributed by atoms with Gasteiger partial charge in [0.1, 0.15) is 22.3 Å². The van der Waals surface area contributed by atoms with Crippen LogP contribution in [0.2, 0.25) is 0 Å².